The summed E-state index contributed by atoms with van der Waals surface area (Å²) < 4.78 is 55.0. The van der Waals surface area contributed by atoms with Crippen LogP contribution in [0.25, 0.3) is 22.3 Å². The zero-order valence-electron chi connectivity index (χ0n) is 36.7. The Labute approximate surface area is 362 Å². The van der Waals surface area contributed by atoms with Crippen LogP contribution in [0.3, 0.4) is 0 Å². The summed E-state index contributed by atoms with van der Waals surface area (Å²) in [5.41, 5.74) is 2.15. The van der Waals surface area contributed by atoms with Crippen molar-refractivity contribution in [3.63, 3.8) is 0 Å². The number of ether oxygens (including phenoxy) is 4. The van der Waals surface area contributed by atoms with E-state index < -0.39 is 23.1 Å². The van der Waals surface area contributed by atoms with E-state index in [4.69, 9.17) is 38.9 Å². The fraction of sp³-hybridized carbons (Fsp3) is 0.468. The molecule has 3 atom stereocenters. The number of anilines is 2. The number of halogens is 2. The first-order valence-electron chi connectivity index (χ1n) is 21.3. The number of alkyl halides is 1. The summed E-state index contributed by atoms with van der Waals surface area (Å²) in [7, 11) is 5.15. The maximum atomic E-state index is 17.4. The highest BCUT2D eigenvalue weighted by Crippen LogP contribution is 2.41. The Bertz CT molecular complexity index is 2350. The minimum Gasteiger partial charge on any atom is -0.497 e. The maximum Gasteiger partial charge on any atom is 0.410 e. The number of nitrogens with zero attached hydrogens (tertiary/aromatic N) is 8. The van der Waals surface area contributed by atoms with E-state index in [1.807, 2.05) is 100 Å². The van der Waals surface area contributed by atoms with Gasteiger partial charge < -0.3 is 33.6 Å². The molecule has 5 aromatic rings. The summed E-state index contributed by atoms with van der Waals surface area (Å²) in [5, 5.41) is 0.386. The minimum absolute atomic E-state index is 0.00970. The van der Waals surface area contributed by atoms with Crippen LogP contribution in [-0.2, 0) is 17.8 Å². The van der Waals surface area contributed by atoms with Crippen LogP contribution in [0.1, 0.15) is 63.1 Å². The van der Waals surface area contributed by atoms with Crippen LogP contribution in [0.2, 0.25) is 0 Å². The number of fused-ring (bicyclic) bond motifs is 2. The zero-order chi connectivity index (χ0) is 43.8. The number of aromatic nitrogens is 4. The SMILES string of the molecule is COc1ccc(CN(Cc2ccc(OC)cc2)c2ccc(C)c(-c3ncc4c(N(C)[C@@H]5CCN(C(=O)OC(C)(C)C)C5)nc(OC[C@@]56CCCN5C[C@H](F)C6)nc4c3F)n2)cc1. The lowest BCUT2D eigenvalue weighted by Crippen LogP contribution is -2.43. The molecule has 3 aliphatic heterocycles. The van der Waals surface area contributed by atoms with Crippen LogP contribution in [0, 0.1) is 12.7 Å². The predicted octanol–water partition coefficient (Wildman–Crippen LogP) is 8.16. The maximum absolute atomic E-state index is 17.4. The Kier molecular flexibility index (Phi) is 12.1. The Balaban J connectivity index is 1.16. The van der Waals surface area contributed by atoms with Crippen LogP contribution in [0.5, 0.6) is 17.5 Å². The molecule has 2 aromatic carbocycles. The van der Waals surface area contributed by atoms with Gasteiger partial charge >= 0.3 is 12.1 Å². The lowest BCUT2D eigenvalue weighted by Gasteiger charge is -2.31. The van der Waals surface area contributed by atoms with Crippen LogP contribution < -0.4 is 24.0 Å². The molecule has 0 N–H and O–H groups in total. The number of likely N-dealkylation sites (N-methyl/N-ethyl adjacent to an activating group) is 1. The smallest absolute Gasteiger partial charge is 0.410 e. The van der Waals surface area contributed by atoms with Gasteiger partial charge in [-0.25, -0.2) is 18.6 Å². The molecule has 62 heavy (non-hydrogen) atoms. The third-order valence-corrected chi connectivity index (χ3v) is 12.3. The Hall–Kier alpha value is -5.83. The number of rotatable bonds is 13. The average Bonchev–Trinajstić information content (AvgIpc) is 3.98. The van der Waals surface area contributed by atoms with E-state index in [2.05, 4.69) is 9.80 Å². The first kappa shape index (κ1) is 42.8. The Morgan fingerprint density at radius 1 is 0.903 bits per heavy atom. The number of hydrogen-bond donors (Lipinski definition) is 0. The summed E-state index contributed by atoms with van der Waals surface area (Å²) in [6.07, 6.45) is 3.02. The van der Waals surface area contributed by atoms with Crippen LogP contribution in [0.4, 0.5) is 25.2 Å². The molecule has 13 nitrogen and oxygen atoms in total. The molecular formula is C47H56F2N8O5. The van der Waals surface area contributed by atoms with Gasteiger partial charge in [0.05, 0.1) is 30.8 Å². The highest BCUT2D eigenvalue weighted by atomic mass is 19.1. The Morgan fingerprint density at radius 3 is 2.23 bits per heavy atom. The van der Waals surface area contributed by atoms with Crippen molar-refractivity contribution in [2.45, 2.75) is 89.8 Å². The molecule has 3 aliphatic rings. The number of methoxy groups -OCH3 is 2. The number of hydrogen-bond acceptors (Lipinski definition) is 12. The third-order valence-electron chi connectivity index (χ3n) is 12.3. The van der Waals surface area contributed by atoms with Crippen LogP contribution in [0.15, 0.2) is 66.9 Å². The molecule has 15 heteroatoms. The molecule has 1 amide bonds. The topological polar surface area (TPSA) is 119 Å². The molecule has 0 aliphatic carbocycles. The fourth-order valence-electron chi connectivity index (χ4n) is 8.95. The number of carbonyl (C=O) groups excluding carboxylic acids is 1. The van der Waals surface area contributed by atoms with Gasteiger partial charge in [-0.2, -0.15) is 9.97 Å². The summed E-state index contributed by atoms with van der Waals surface area (Å²) in [4.78, 5) is 40.3. The normalized spacial score (nSPS) is 20.0. The van der Waals surface area contributed by atoms with E-state index in [1.165, 1.54) is 0 Å². The van der Waals surface area contributed by atoms with Gasteiger partial charge in [0.25, 0.3) is 0 Å². The van der Waals surface area contributed by atoms with Gasteiger partial charge in [-0.3, -0.25) is 9.88 Å². The molecule has 0 unspecified atom stereocenters. The molecule has 0 saturated carbocycles. The zero-order valence-corrected chi connectivity index (χ0v) is 36.7. The largest absolute Gasteiger partial charge is 0.497 e. The summed E-state index contributed by atoms with van der Waals surface area (Å²) in [6, 6.07) is 19.4. The predicted molar refractivity (Wildman–Crippen MR) is 234 cm³/mol. The van der Waals surface area contributed by atoms with Gasteiger partial charge in [-0.05, 0) is 101 Å². The van der Waals surface area contributed by atoms with Crippen molar-refractivity contribution in [1.82, 2.24) is 29.7 Å². The molecule has 0 bridgehead atoms. The van der Waals surface area contributed by atoms with Crippen molar-refractivity contribution < 1.29 is 32.5 Å². The van der Waals surface area contributed by atoms with E-state index in [-0.39, 0.29) is 36.0 Å². The van der Waals surface area contributed by atoms with Crippen LogP contribution in [-0.4, -0.2) is 113 Å². The lowest BCUT2D eigenvalue weighted by molar-refractivity contribution is 0.0292. The second kappa shape index (κ2) is 17.5. The number of amides is 1. The number of carbonyl (C=O) groups is 1. The van der Waals surface area contributed by atoms with E-state index in [0.29, 0.717) is 68.3 Å². The van der Waals surface area contributed by atoms with Gasteiger partial charge in [0, 0.05) is 58.4 Å². The second-order valence-corrected chi connectivity index (χ2v) is 17.7. The summed E-state index contributed by atoms with van der Waals surface area (Å²) in [5.74, 6) is 1.90. The lowest BCUT2D eigenvalue weighted by atomic mass is 9.95. The molecule has 3 saturated heterocycles. The molecule has 0 radical (unpaired) electrons. The molecule has 3 aromatic heterocycles. The van der Waals surface area contributed by atoms with Gasteiger partial charge in [-0.1, -0.05) is 30.3 Å². The standard InChI is InChI=1S/C47H56F2N8O5/c1-30-9-18-38(56(25-31-10-14-35(59-6)15-11-31)26-32-12-16-36(60-7)17-13-32)51-40(30)42-39(49)41-37(24-50-42)43(54(5)34-19-22-55(28-34)45(58)62-46(2,3)4)53-44(52-41)61-29-47-20-8-21-57(47)27-33(48)23-47/h9-18,24,33-34H,8,19-23,25-29H2,1-7H3/t33-,34-,47+/m1/s1. The average molecular weight is 851 g/mol. The van der Waals surface area contributed by atoms with E-state index in [9.17, 15) is 9.18 Å². The van der Waals surface area contributed by atoms with Crippen molar-refractivity contribution in [3.8, 4) is 28.9 Å². The quantitative estimate of drug-likeness (QED) is 0.114. The molecule has 3 fully saturated rings. The number of likely N-dealkylation sites (tertiary alicyclic amines) is 1. The highest BCUT2D eigenvalue weighted by Gasteiger charge is 2.49. The van der Waals surface area contributed by atoms with Crippen molar-refractivity contribution in [1.29, 1.82) is 0 Å². The van der Waals surface area contributed by atoms with Crippen molar-refractivity contribution in [2.75, 3.05) is 63.9 Å². The van der Waals surface area contributed by atoms with Gasteiger partial charge in [0.15, 0.2) is 5.82 Å². The minimum atomic E-state index is -0.936. The number of pyridine rings is 2. The molecule has 6 heterocycles. The van der Waals surface area contributed by atoms with E-state index in [1.54, 1.807) is 25.3 Å². The third kappa shape index (κ3) is 9.04. The van der Waals surface area contributed by atoms with Crippen molar-refractivity contribution in [3.05, 3.63) is 89.4 Å². The van der Waals surface area contributed by atoms with Gasteiger partial charge in [-0.15, -0.1) is 0 Å². The first-order valence-corrected chi connectivity index (χ1v) is 21.3. The van der Waals surface area contributed by atoms with E-state index >= 15 is 4.39 Å². The molecule has 328 valence electrons. The van der Waals surface area contributed by atoms with Crippen molar-refractivity contribution in [2.24, 2.45) is 0 Å². The molecular weight excluding hydrogens is 795 g/mol. The van der Waals surface area contributed by atoms with Gasteiger partial charge in [0.1, 0.15) is 52.7 Å². The molecule has 8 rings (SSSR count). The summed E-state index contributed by atoms with van der Waals surface area (Å²) in [6.45, 7) is 10.7. The summed E-state index contributed by atoms with van der Waals surface area (Å²) >= 11 is 0. The number of benzene rings is 2. The second-order valence-electron chi connectivity index (χ2n) is 17.7. The monoisotopic (exact) mass is 850 g/mol. The highest BCUT2D eigenvalue weighted by molar-refractivity contribution is 5.92. The fourth-order valence-corrected chi connectivity index (χ4v) is 8.95. The van der Waals surface area contributed by atoms with Crippen molar-refractivity contribution >= 4 is 28.6 Å². The van der Waals surface area contributed by atoms with E-state index in [0.717, 1.165) is 47.6 Å². The van der Waals surface area contributed by atoms with Crippen LogP contribution >= 0.6 is 0 Å². The first-order chi connectivity index (χ1) is 29.7. The number of aryl methyl sites for hydroxylation is 1. The molecule has 0 spiro atoms. The Morgan fingerprint density at radius 2 is 1.58 bits per heavy atom. The van der Waals surface area contributed by atoms with Gasteiger partial charge in [0.2, 0.25) is 0 Å².